The van der Waals surface area contributed by atoms with Crippen LogP contribution >= 0.6 is 0 Å². The van der Waals surface area contributed by atoms with Crippen LogP contribution in [0.4, 0.5) is 16.6 Å². The van der Waals surface area contributed by atoms with Gasteiger partial charge < -0.3 is 19.5 Å². The molecule has 0 atom stereocenters. The number of unbranched alkanes of at least 4 members (excludes halogenated alkanes) is 1. The summed E-state index contributed by atoms with van der Waals surface area (Å²) in [7, 11) is 0. The van der Waals surface area contributed by atoms with Crippen LogP contribution in [0.2, 0.25) is 0 Å². The third-order valence-corrected chi connectivity index (χ3v) is 4.61. The van der Waals surface area contributed by atoms with E-state index in [9.17, 15) is 4.79 Å². The van der Waals surface area contributed by atoms with E-state index in [0.29, 0.717) is 37.8 Å². The molecule has 2 rings (SSSR count). The first-order chi connectivity index (χ1) is 14.9. The highest BCUT2D eigenvalue weighted by Gasteiger charge is 2.21. The van der Waals surface area contributed by atoms with Crippen molar-refractivity contribution < 1.29 is 19.0 Å². The zero-order valence-corrected chi connectivity index (χ0v) is 18.9. The Labute approximate surface area is 184 Å². The van der Waals surface area contributed by atoms with E-state index in [1.165, 1.54) is 0 Å². The Morgan fingerprint density at radius 2 is 1.90 bits per heavy atom. The molecule has 0 aliphatic carbocycles. The third kappa shape index (κ3) is 9.21. The second-order valence-electron chi connectivity index (χ2n) is 7.70. The summed E-state index contributed by atoms with van der Waals surface area (Å²) in [5, 5.41) is 5.83. The molecule has 0 saturated heterocycles. The number of rotatable bonds is 13. The topological polar surface area (TPSA) is 94.6 Å². The van der Waals surface area contributed by atoms with Crippen molar-refractivity contribution in [1.82, 2.24) is 9.97 Å². The Morgan fingerprint density at radius 1 is 1.13 bits per heavy atom. The van der Waals surface area contributed by atoms with Crippen molar-refractivity contribution in [3.8, 4) is 5.75 Å². The van der Waals surface area contributed by atoms with E-state index in [2.05, 4.69) is 27.5 Å². The van der Waals surface area contributed by atoms with Crippen LogP contribution in [0.15, 0.2) is 36.5 Å². The van der Waals surface area contributed by atoms with E-state index in [4.69, 9.17) is 14.2 Å². The Morgan fingerprint density at radius 3 is 2.61 bits per heavy atom. The Kier molecular flexibility index (Phi) is 10.0. The van der Waals surface area contributed by atoms with E-state index >= 15 is 0 Å². The van der Waals surface area contributed by atoms with Gasteiger partial charge in [0, 0.05) is 6.54 Å². The molecule has 0 saturated carbocycles. The summed E-state index contributed by atoms with van der Waals surface area (Å²) >= 11 is 0. The van der Waals surface area contributed by atoms with Gasteiger partial charge in [0.25, 0.3) is 0 Å². The number of aromatic nitrogens is 2. The summed E-state index contributed by atoms with van der Waals surface area (Å²) < 4.78 is 16.9. The third-order valence-electron chi connectivity index (χ3n) is 4.61. The lowest BCUT2D eigenvalue weighted by Gasteiger charge is -2.23. The van der Waals surface area contributed by atoms with Crippen molar-refractivity contribution in [1.29, 1.82) is 0 Å². The number of amides is 1. The molecule has 1 aromatic heterocycles. The zero-order valence-electron chi connectivity index (χ0n) is 18.9. The molecule has 1 aromatic carbocycles. The number of hydrogen-bond acceptors (Lipinski definition) is 7. The van der Waals surface area contributed by atoms with Gasteiger partial charge in [0.2, 0.25) is 5.95 Å². The summed E-state index contributed by atoms with van der Waals surface area (Å²) in [6.07, 6.45) is 3.68. The molecule has 31 heavy (non-hydrogen) atoms. The van der Waals surface area contributed by atoms with Gasteiger partial charge in [-0.2, -0.15) is 4.98 Å². The van der Waals surface area contributed by atoms with Crippen LogP contribution in [0.5, 0.6) is 5.75 Å². The van der Waals surface area contributed by atoms with Gasteiger partial charge in [0.05, 0.1) is 19.4 Å². The minimum absolute atomic E-state index is 0.156. The number of carbonyl (C=O) groups is 1. The maximum absolute atomic E-state index is 12.1. The summed E-state index contributed by atoms with van der Waals surface area (Å²) in [4.78, 5) is 20.7. The summed E-state index contributed by atoms with van der Waals surface area (Å²) in [5.74, 6) is 1.19. The van der Waals surface area contributed by atoms with Gasteiger partial charge in [0.15, 0.2) is 11.6 Å². The van der Waals surface area contributed by atoms with E-state index < -0.39 is 11.7 Å². The number of ether oxygens (including phenoxy) is 3. The van der Waals surface area contributed by atoms with Crippen LogP contribution in [-0.4, -0.2) is 41.4 Å². The molecule has 0 aliphatic heterocycles. The van der Waals surface area contributed by atoms with Gasteiger partial charge in [0.1, 0.15) is 12.2 Å². The number of anilines is 2. The molecular formula is C23H34N4O4. The highest BCUT2D eigenvalue weighted by Crippen LogP contribution is 2.23. The van der Waals surface area contributed by atoms with Crippen LogP contribution in [0.3, 0.4) is 0 Å². The monoisotopic (exact) mass is 430 g/mol. The van der Waals surface area contributed by atoms with Gasteiger partial charge in [-0.15, -0.1) is 0 Å². The summed E-state index contributed by atoms with van der Waals surface area (Å²) in [5.41, 5.74) is 0.552. The molecule has 0 bridgehead atoms. The number of nitrogens with zero attached hydrogens (tertiary/aromatic N) is 2. The highest BCUT2D eigenvalue weighted by molar-refractivity contribution is 5.82. The quantitative estimate of drug-likeness (QED) is 0.431. The van der Waals surface area contributed by atoms with Crippen molar-refractivity contribution in [2.75, 3.05) is 30.4 Å². The van der Waals surface area contributed by atoms with E-state index in [1.807, 2.05) is 51.1 Å². The molecule has 0 unspecified atom stereocenters. The lowest BCUT2D eigenvalue weighted by Crippen LogP contribution is -2.30. The molecule has 8 nitrogen and oxygen atoms in total. The number of nitrogens with one attached hydrogen (secondary N) is 2. The maximum atomic E-state index is 12.1. The molecule has 0 aliphatic rings. The average molecular weight is 431 g/mol. The lowest BCUT2D eigenvalue weighted by atomic mass is 10.1. The molecular weight excluding hydrogens is 396 g/mol. The van der Waals surface area contributed by atoms with Gasteiger partial charge in [-0.25, -0.2) is 9.78 Å². The first kappa shape index (κ1) is 24.4. The molecule has 0 radical (unpaired) electrons. The van der Waals surface area contributed by atoms with Crippen LogP contribution in [0, 0.1) is 0 Å². The van der Waals surface area contributed by atoms with E-state index in [-0.39, 0.29) is 5.95 Å². The number of hydrogen-bond donors (Lipinski definition) is 2. The Hall–Kier alpha value is -2.87. The number of carbonyl (C=O) groups excluding carboxylic acids is 1. The predicted molar refractivity (Wildman–Crippen MR) is 121 cm³/mol. The normalized spacial score (nSPS) is 11.1. The lowest BCUT2D eigenvalue weighted by molar-refractivity contribution is 0.0461. The van der Waals surface area contributed by atoms with Crippen molar-refractivity contribution in [2.45, 2.75) is 59.2 Å². The molecule has 0 fully saturated rings. The number of benzene rings is 1. The second-order valence-corrected chi connectivity index (χ2v) is 7.70. The molecule has 170 valence electrons. The van der Waals surface area contributed by atoms with Crippen molar-refractivity contribution in [2.24, 2.45) is 0 Å². The summed E-state index contributed by atoms with van der Waals surface area (Å²) in [6.45, 7) is 9.82. The van der Waals surface area contributed by atoms with Gasteiger partial charge in [-0.1, -0.05) is 50.6 Å². The van der Waals surface area contributed by atoms with Crippen molar-refractivity contribution in [3.63, 3.8) is 0 Å². The predicted octanol–water partition coefficient (Wildman–Crippen LogP) is 5.02. The second kappa shape index (κ2) is 12.7. The van der Waals surface area contributed by atoms with Gasteiger partial charge in [-0.3, -0.25) is 5.32 Å². The average Bonchev–Trinajstić information content (AvgIpc) is 2.75. The Balaban J connectivity index is 1.92. The molecule has 0 spiro atoms. The Bertz CT molecular complexity index is 799. The minimum Gasteiger partial charge on any atom is -0.486 e. The standard InChI is InChI=1S/C23H34N4O4/c1-5-7-13-24-20-19(30-15-14-29-17-18-11-9-8-10-12-18)16-25-21(26-20)27-22(28)31-23(3,4)6-2/h8-12,16H,5-7,13-15,17H2,1-4H3,(H2,24,25,26,27,28). The molecule has 1 heterocycles. The molecule has 8 heteroatoms. The summed E-state index contributed by atoms with van der Waals surface area (Å²) in [6, 6.07) is 9.97. The zero-order chi connectivity index (χ0) is 22.5. The van der Waals surface area contributed by atoms with Crippen molar-refractivity contribution >= 4 is 17.9 Å². The van der Waals surface area contributed by atoms with Gasteiger partial charge >= 0.3 is 6.09 Å². The molecule has 2 aromatic rings. The minimum atomic E-state index is -0.589. The molecule has 2 N–H and O–H groups in total. The fraction of sp³-hybridized carbons (Fsp3) is 0.522. The maximum Gasteiger partial charge on any atom is 0.414 e. The largest absolute Gasteiger partial charge is 0.486 e. The van der Waals surface area contributed by atoms with E-state index in [1.54, 1.807) is 6.20 Å². The fourth-order valence-corrected chi connectivity index (χ4v) is 2.46. The van der Waals surface area contributed by atoms with E-state index in [0.717, 1.165) is 24.9 Å². The van der Waals surface area contributed by atoms with Gasteiger partial charge in [-0.05, 0) is 32.3 Å². The molecule has 1 amide bonds. The van der Waals surface area contributed by atoms with Crippen molar-refractivity contribution in [3.05, 3.63) is 42.1 Å². The van der Waals surface area contributed by atoms with Crippen LogP contribution in [0.25, 0.3) is 0 Å². The fourth-order valence-electron chi connectivity index (χ4n) is 2.46. The first-order valence-electron chi connectivity index (χ1n) is 10.8. The van der Waals surface area contributed by atoms with Crippen LogP contribution < -0.4 is 15.4 Å². The highest BCUT2D eigenvalue weighted by atomic mass is 16.6. The SMILES string of the molecule is CCCCNc1nc(NC(=O)OC(C)(C)CC)ncc1OCCOCc1ccccc1. The smallest absolute Gasteiger partial charge is 0.414 e. The van der Waals surface area contributed by atoms with Crippen LogP contribution in [0.1, 0.15) is 52.5 Å². The van der Waals surface area contributed by atoms with Crippen LogP contribution in [-0.2, 0) is 16.1 Å². The first-order valence-corrected chi connectivity index (χ1v) is 10.8.